The average Bonchev–Trinajstić information content (AvgIpc) is 2.76. The first-order valence-corrected chi connectivity index (χ1v) is 10.5. The van der Waals surface area contributed by atoms with Crippen molar-refractivity contribution in [3.63, 3.8) is 0 Å². The number of unbranched alkanes of at least 4 members (excludes halogenated alkanes) is 7. The van der Waals surface area contributed by atoms with Crippen molar-refractivity contribution in [2.75, 3.05) is 13.1 Å². The molecule has 12 heteroatoms. The third-order valence-corrected chi connectivity index (χ3v) is 4.83. The second-order valence-corrected chi connectivity index (χ2v) is 7.28. The van der Waals surface area contributed by atoms with Crippen molar-refractivity contribution in [2.45, 2.75) is 51.4 Å². The third-order valence-electron chi connectivity index (χ3n) is 4.83. The Balaban J connectivity index is 1.57. The fourth-order valence-corrected chi connectivity index (χ4v) is 3.07. The molecule has 2 rings (SSSR count). The minimum atomic E-state index is -0.524. The molecule has 0 unspecified atom stereocenters. The van der Waals surface area contributed by atoms with Gasteiger partial charge in [-0.25, -0.2) is 0 Å². The lowest BCUT2D eigenvalue weighted by Crippen LogP contribution is -2.18. The highest BCUT2D eigenvalue weighted by molar-refractivity contribution is 5.25. The van der Waals surface area contributed by atoms with Crippen LogP contribution in [0.4, 0.5) is 11.4 Å². The molecule has 0 saturated carbocycles. The van der Waals surface area contributed by atoms with Gasteiger partial charge in [-0.1, -0.05) is 38.5 Å². The Morgan fingerprint density at radius 2 is 1.03 bits per heavy atom. The summed E-state index contributed by atoms with van der Waals surface area (Å²) in [5, 5.41) is 40.8. The molecule has 2 aromatic heterocycles. The molecule has 0 saturated heterocycles. The molecule has 0 amide bonds. The summed E-state index contributed by atoms with van der Waals surface area (Å²) >= 11 is 0. The van der Waals surface area contributed by atoms with E-state index in [0.29, 0.717) is 13.1 Å². The monoisotopic (exact) mass is 448 g/mol. The van der Waals surface area contributed by atoms with Crippen molar-refractivity contribution in [2.24, 2.45) is 9.98 Å². The summed E-state index contributed by atoms with van der Waals surface area (Å²) in [5.41, 5.74) is 0.118. The van der Waals surface area contributed by atoms with Crippen LogP contribution in [0.1, 0.15) is 51.4 Å². The van der Waals surface area contributed by atoms with Crippen molar-refractivity contribution >= 4 is 11.4 Å². The smallest absolute Gasteiger partial charge is 0.274 e. The number of rotatable bonds is 13. The van der Waals surface area contributed by atoms with Gasteiger partial charge in [0.05, 0.1) is 34.4 Å². The number of nitrogens with zero attached hydrogens (tertiary/aromatic N) is 6. The largest absolute Gasteiger partial charge is 0.427 e. The van der Waals surface area contributed by atoms with E-state index in [4.69, 9.17) is 0 Å². The second kappa shape index (κ2) is 12.9. The number of nitro groups is 2. The van der Waals surface area contributed by atoms with Crippen LogP contribution in [0.3, 0.4) is 0 Å². The summed E-state index contributed by atoms with van der Waals surface area (Å²) in [7, 11) is 0. The fourth-order valence-electron chi connectivity index (χ4n) is 3.07. The molecular weight excluding hydrogens is 420 g/mol. The van der Waals surface area contributed by atoms with Crippen LogP contribution in [-0.2, 0) is 0 Å². The molecule has 0 aliphatic carbocycles. The third kappa shape index (κ3) is 8.20. The van der Waals surface area contributed by atoms with E-state index in [9.17, 15) is 30.6 Å². The lowest BCUT2D eigenvalue weighted by atomic mass is 10.1. The quantitative estimate of drug-likeness (QED) is 0.207. The maximum atomic E-state index is 10.8. The van der Waals surface area contributed by atoms with Gasteiger partial charge in [0.15, 0.2) is 11.0 Å². The van der Waals surface area contributed by atoms with Crippen LogP contribution in [0.5, 0.6) is 0 Å². The lowest BCUT2D eigenvalue weighted by Gasteiger charge is -2.02. The number of aromatic nitrogens is 2. The summed E-state index contributed by atoms with van der Waals surface area (Å²) in [5.74, 6) is 0. The summed E-state index contributed by atoms with van der Waals surface area (Å²) in [6, 6.07) is 4.91. The molecule has 2 aromatic rings. The van der Waals surface area contributed by atoms with Crippen molar-refractivity contribution in [3.8, 4) is 0 Å². The molecule has 0 atom stereocenters. The van der Waals surface area contributed by atoms with E-state index < -0.39 is 9.85 Å². The zero-order valence-electron chi connectivity index (χ0n) is 17.7. The van der Waals surface area contributed by atoms with Crippen LogP contribution >= 0.6 is 0 Å². The molecule has 12 nitrogen and oxygen atoms in total. The average molecular weight is 448 g/mol. The van der Waals surface area contributed by atoms with Gasteiger partial charge in [-0.2, -0.15) is 9.46 Å². The van der Waals surface area contributed by atoms with E-state index in [1.807, 2.05) is 0 Å². The van der Waals surface area contributed by atoms with Crippen molar-refractivity contribution in [1.82, 2.24) is 9.46 Å². The highest BCUT2D eigenvalue weighted by Gasteiger charge is 2.06. The van der Waals surface area contributed by atoms with Crippen LogP contribution < -0.4 is 11.0 Å². The topological polar surface area (TPSA) is 161 Å². The van der Waals surface area contributed by atoms with Gasteiger partial charge in [0, 0.05) is 25.2 Å². The van der Waals surface area contributed by atoms with Gasteiger partial charge in [-0.05, 0) is 12.8 Å². The first-order chi connectivity index (χ1) is 15.4. The molecular formula is C20H28N6O6. The molecule has 32 heavy (non-hydrogen) atoms. The second-order valence-electron chi connectivity index (χ2n) is 7.28. The zero-order chi connectivity index (χ0) is 23.3. The standard InChI is InChI=1S/C20H28N6O6/c27-23-13-9-17(25(29)30)15-19(23)21-11-7-5-3-1-2-4-6-8-12-22-20-16-18(26(31)32)10-14-24(20)28/h9-10,13-16,27-28H,1-8,11-12H2. The summed E-state index contributed by atoms with van der Waals surface area (Å²) in [4.78, 5) is 28.9. The molecule has 2 N–H and O–H groups in total. The highest BCUT2D eigenvalue weighted by Crippen LogP contribution is 2.09. The van der Waals surface area contributed by atoms with E-state index in [1.54, 1.807) is 0 Å². The first-order valence-electron chi connectivity index (χ1n) is 10.5. The summed E-state index contributed by atoms with van der Waals surface area (Å²) in [6.45, 7) is 0.984. The molecule has 0 aromatic carbocycles. The van der Waals surface area contributed by atoms with Gasteiger partial charge >= 0.3 is 0 Å². The Morgan fingerprint density at radius 3 is 1.38 bits per heavy atom. The van der Waals surface area contributed by atoms with Crippen molar-refractivity contribution in [3.05, 3.63) is 67.9 Å². The van der Waals surface area contributed by atoms with Crippen LogP contribution in [0, 0.1) is 20.2 Å². The molecule has 2 heterocycles. The minimum Gasteiger partial charge on any atom is -0.427 e. The summed E-state index contributed by atoms with van der Waals surface area (Å²) in [6.07, 6.45) is 10.4. The Bertz CT molecular complexity index is 962. The Hall–Kier alpha value is -3.70. The number of hydrogen-bond acceptors (Lipinski definition) is 8. The van der Waals surface area contributed by atoms with Gasteiger partial charge in [0.1, 0.15) is 0 Å². The van der Waals surface area contributed by atoms with Crippen molar-refractivity contribution in [1.29, 1.82) is 0 Å². The predicted octanol–water partition coefficient (Wildman–Crippen LogP) is 3.20. The molecule has 174 valence electrons. The van der Waals surface area contributed by atoms with E-state index >= 15 is 0 Å². The van der Waals surface area contributed by atoms with Gasteiger partial charge in [0.25, 0.3) is 11.4 Å². The van der Waals surface area contributed by atoms with E-state index in [1.165, 1.54) is 36.7 Å². The summed E-state index contributed by atoms with van der Waals surface area (Å²) < 4.78 is 1.55. The van der Waals surface area contributed by atoms with Crippen molar-refractivity contribution < 1.29 is 20.3 Å². The Morgan fingerprint density at radius 1 is 0.688 bits per heavy atom. The first kappa shape index (κ1) is 24.6. The van der Waals surface area contributed by atoms with Crippen LogP contribution in [0.25, 0.3) is 0 Å². The molecule has 0 aliphatic rings. The SMILES string of the molecule is O=[N+]([O-])c1ccn(O)c(=NCCCCCCCCCCN=c2cc([N+](=O)[O-])ccn2O)c1. The van der Waals surface area contributed by atoms with Gasteiger partial charge in [-0.3, -0.25) is 30.2 Å². The maximum Gasteiger partial charge on any atom is 0.274 e. The van der Waals surface area contributed by atoms with Crippen LogP contribution in [-0.4, -0.2) is 42.8 Å². The molecule has 0 bridgehead atoms. The van der Waals surface area contributed by atoms with Gasteiger partial charge in [-0.15, -0.1) is 0 Å². The van der Waals surface area contributed by atoms with Gasteiger partial charge < -0.3 is 10.4 Å². The molecule has 0 radical (unpaired) electrons. The molecule has 0 spiro atoms. The van der Waals surface area contributed by atoms with E-state index in [2.05, 4.69) is 9.98 Å². The highest BCUT2D eigenvalue weighted by atomic mass is 16.6. The Kier molecular flexibility index (Phi) is 9.88. The van der Waals surface area contributed by atoms with E-state index in [0.717, 1.165) is 60.8 Å². The Labute approximate surface area is 184 Å². The zero-order valence-corrected chi connectivity index (χ0v) is 17.7. The normalized spacial score (nSPS) is 12.2. The van der Waals surface area contributed by atoms with Gasteiger partial charge in [0.2, 0.25) is 0 Å². The predicted molar refractivity (Wildman–Crippen MR) is 114 cm³/mol. The lowest BCUT2D eigenvalue weighted by molar-refractivity contribution is -0.385. The number of hydrogen-bond donors (Lipinski definition) is 2. The van der Waals surface area contributed by atoms with Crippen LogP contribution in [0.2, 0.25) is 0 Å². The molecule has 0 fully saturated rings. The minimum absolute atomic E-state index is 0.109. The van der Waals surface area contributed by atoms with E-state index in [-0.39, 0.29) is 22.4 Å². The maximum absolute atomic E-state index is 10.8. The number of pyridine rings is 2. The van der Waals surface area contributed by atoms with Crippen LogP contribution in [0.15, 0.2) is 46.6 Å². The molecule has 0 aliphatic heterocycles. The fraction of sp³-hybridized carbons (Fsp3) is 0.500.